The standard InChI is InChI=1S/C23H34N2O7Si/c1-21(2,3)33(7,8)23(6,17-16(19(27)24-17)22(4,5)29)18(26)20(28)32-13-14-9-11-15(12-10-14)25(30)31/h9-12,16-17,29H,13H2,1-8H3,(H,24,27). The van der Waals surface area contributed by atoms with E-state index in [0.717, 1.165) is 0 Å². The lowest BCUT2D eigenvalue weighted by Gasteiger charge is -2.58. The number of hydrogen-bond acceptors (Lipinski definition) is 7. The fourth-order valence-corrected chi connectivity index (χ4v) is 7.57. The normalized spacial score (nSPS) is 20.8. The van der Waals surface area contributed by atoms with E-state index < -0.39 is 47.3 Å². The average Bonchev–Trinajstić information content (AvgIpc) is 2.66. The molecule has 0 saturated carbocycles. The summed E-state index contributed by atoms with van der Waals surface area (Å²) in [6.45, 7) is 14.5. The Balaban J connectivity index is 2.37. The maximum absolute atomic E-state index is 13.7. The fourth-order valence-electron chi connectivity index (χ4n) is 4.32. The minimum absolute atomic E-state index is 0.0926. The number of nitrogens with one attached hydrogen (secondary N) is 1. The molecule has 3 unspecified atom stereocenters. The van der Waals surface area contributed by atoms with Crippen molar-refractivity contribution in [1.82, 2.24) is 5.32 Å². The third kappa shape index (κ3) is 4.72. The van der Waals surface area contributed by atoms with Gasteiger partial charge in [0.2, 0.25) is 11.7 Å². The van der Waals surface area contributed by atoms with Crippen molar-refractivity contribution in [2.45, 2.75) is 83.0 Å². The molecule has 10 heteroatoms. The Morgan fingerprint density at radius 3 is 2.03 bits per heavy atom. The summed E-state index contributed by atoms with van der Waals surface area (Å²) < 4.78 is 5.30. The molecule has 0 spiro atoms. The number of ether oxygens (including phenoxy) is 1. The number of carbonyl (C=O) groups excluding carboxylic acids is 3. The highest BCUT2D eigenvalue weighted by molar-refractivity contribution is 6.88. The van der Waals surface area contributed by atoms with E-state index in [0.29, 0.717) is 5.56 Å². The molecule has 9 nitrogen and oxygen atoms in total. The van der Waals surface area contributed by atoms with E-state index in [1.54, 1.807) is 6.92 Å². The summed E-state index contributed by atoms with van der Waals surface area (Å²) in [5.41, 5.74) is -0.966. The Bertz CT molecular complexity index is 961. The summed E-state index contributed by atoms with van der Waals surface area (Å²) in [5, 5.41) is 22.6. The summed E-state index contributed by atoms with van der Waals surface area (Å²) in [7, 11) is -2.65. The molecule has 0 bridgehead atoms. The van der Waals surface area contributed by atoms with Gasteiger partial charge in [0.05, 0.1) is 35.6 Å². The van der Waals surface area contributed by atoms with E-state index in [9.17, 15) is 29.6 Å². The number of ketones is 1. The van der Waals surface area contributed by atoms with Crippen molar-refractivity contribution in [2.24, 2.45) is 5.92 Å². The molecule has 1 fully saturated rings. The number of nitrogens with zero attached hydrogens (tertiary/aromatic N) is 1. The second-order valence-corrected chi connectivity index (χ2v) is 16.8. The monoisotopic (exact) mass is 478 g/mol. The molecule has 1 saturated heterocycles. The average molecular weight is 479 g/mol. The van der Waals surface area contributed by atoms with Crippen LogP contribution in [-0.4, -0.2) is 47.4 Å². The minimum Gasteiger partial charge on any atom is -0.455 e. The van der Waals surface area contributed by atoms with Gasteiger partial charge in [-0.15, -0.1) is 0 Å². The van der Waals surface area contributed by atoms with E-state index >= 15 is 0 Å². The number of nitro benzene ring substituents is 1. The SMILES string of the molecule is CC(C)(O)C1C(=O)NC1C(C)(C(=O)C(=O)OCc1ccc([N+](=O)[O-])cc1)[Si](C)(C)C(C)(C)C. The van der Waals surface area contributed by atoms with Crippen molar-refractivity contribution >= 4 is 31.4 Å². The molecule has 1 amide bonds. The van der Waals surface area contributed by atoms with Gasteiger partial charge in [-0.1, -0.05) is 40.8 Å². The molecular weight excluding hydrogens is 444 g/mol. The van der Waals surface area contributed by atoms with Crippen molar-refractivity contribution in [3.63, 3.8) is 0 Å². The molecular formula is C23H34N2O7Si. The maximum Gasteiger partial charge on any atom is 0.375 e. The van der Waals surface area contributed by atoms with Gasteiger partial charge in [0.15, 0.2) is 0 Å². The predicted octanol–water partition coefficient (Wildman–Crippen LogP) is 3.36. The Labute approximate surface area is 195 Å². The van der Waals surface area contributed by atoms with Crippen LogP contribution in [0.3, 0.4) is 0 Å². The zero-order chi connectivity index (χ0) is 25.6. The Morgan fingerprint density at radius 1 is 1.12 bits per heavy atom. The van der Waals surface area contributed by atoms with Crippen LogP contribution in [0.25, 0.3) is 0 Å². The molecule has 1 aliphatic heterocycles. The van der Waals surface area contributed by atoms with Crippen molar-refractivity contribution in [3.05, 3.63) is 39.9 Å². The fraction of sp³-hybridized carbons (Fsp3) is 0.609. The maximum atomic E-state index is 13.7. The van der Waals surface area contributed by atoms with Gasteiger partial charge in [-0.25, -0.2) is 4.79 Å². The van der Waals surface area contributed by atoms with Crippen LogP contribution in [0.1, 0.15) is 47.1 Å². The molecule has 0 aromatic heterocycles. The second-order valence-electron chi connectivity index (χ2n) is 11.0. The first-order valence-corrected chi connectivity index (χ1v) is 13.8. The number of non-ortho nitro benzene ring substituents is 1. The van der Waals surface area contributed by atoms with Gasteiger partial charge < -0.3 is 15.2 Å². The molecule has 2 rings (SSSR count). The van der Waals surface area contributed by atoms with Crippen LogP contribution in [0.5, 0.6) is 0 Å². The van der Waals surface area contributed by atoms with Gasteiger partial charge >= 0.3 is 5.97 Å². The number of amides is 1. The molecule has 0 radical (unpaired) electrons. The van der Waals surface area contributed by atoms with Gasteiger partial charge in [-0.05, 0) is 36.6 Å². The summed E-state index contributed by atoms with van der Waals surface area (Å²) >= 11 is 0. The Hall–Kier alpha value is -2.59. The predicted molar refractivity (Wildman–Crippen MR) is 125 cm³/mol. The van der Waals surface area contributed by atoms with Crippen molar-refractivity contribution < 1.29 is 29.2 Å². The third-order valence-corrected chi connectivity index (χ3v) is 14.5. The van der Waals surface area contributed by atoms with Crippen LogP contribution >= 0.6 is 0 Å². The van der Waals surface area contributed by atoms with E-state index in [1.165, 1.54) is 38.1 Å². The van der Waals surface area contributed by atoms with E-state index in [-0.39, 0.29) is 23.2 Å². The second kappa shape index (κ2) is 8.64. The number of esters is 1. The molecule has 2 N–H and O–H groups in total. The molecule has 33 heavy (non-hydrogen) atoms. The molecule has 3 atom stereocenters. The van der Waals surface area contributed by atoms with Gasteiger partial charge in [-0.3, -0.25) is 19.7 Å². The summed E-state index contributed by atoms with van der Waals surface area (Å²) in [4.78, 5) is 49.3. The van der Waals surface area contributed by atoms with Crippen LogP contribution in [-0.2, 0) is 25.7 Å². The molecule has 0 aliphatic carbocycles. The number of rotatable bonds is 8. The lowest BCUT2D eigenvalue weighted by Crippen LogP contribution is -2.75. The van der Waals surface area contributed by atoms with Crippen molar-refractivity contribution in [1.29, 1.82) is 0 Å². The molecule has 182 valence electrons. The van der Waals surface area contributed by atoms with Gasteiger partial charge in [0, 0.05) is 12.1 Å². The number of carbonyl (C=O) groups is 3. The van der Waals surface area contributed by atoms with Gasteiger partial charge in [-0.2, -0.15) is 0 Å². The smallest absolute Gasteiger partial charge is 0.375 e. The van der Waals surface area contributed by atoms with Gasteiger partial charge in [0.25, 0.3) is 5.69 Å². The first-order valence-electron chi connectivity index (χ1n) is 10.8. The van der Waals surface area contributed by atoms with E-state index in [2.05, 4.69) is 5.32 Å². The quantitative estimate of drug-likeness (QED) is 0.146. The molecule has 1 heterocycles. The van der Waals surface area contributed by atoms with Crippen molar-refractivity contribution in [3.8, 4) is 0 Å². The minimum atomic E-state index is -2.65. The highest BCUT2D eigenvalue weighted by Gasteiger charge is 2.67. The zero-order valence-corrected chi connectivity index (χ0v) is 21.5. The lowest BCUT2D eigenvalue weighted by molar-refractivity contribution is -0.384. The first kappa shape index (κ1) is 26.7. The van der Waals surface area contributed by atoms with Crippen LogP contribution in [0.2, 0.25) is 23.2 Å². The lowest BCUT2D eigenvalue weighted by atomic mass is 9.71. The number of β-lactam (4-membered cyclic amide) rings is 1. The van der Waals surface area contributed by atoms with E-state index in [1.807, 2.05) is 33.9 Å². The largest absolute Gasteiger partial charge is 0.455 e. The number of benzene rings is 1. The summed E-state index contributed by atoms with van der Waals surface area (Å²) in [5.74, 6) is -2.97. The number of hydrogen-bond donors (Lipinski definition) is 2. The van der Waals surface area contributed by atoms with E-state index in [4.69, 9.17) is 4.74 Å². The number of Topliss-reactive ketones (excluding diaryl/α,β-unsaturated/α-hetero) is 1. The first-order chi connectivity index (χ1) is 14.9. The molecule has 1 aromatic carbocycles. The van der Waals surface area contributed by atoms with Crippen LogP contribution < -0.4 is 5.32 Å². The van der Waals surface area contributed by atoms with Crippen molar-refractivity contribution in [2.75, 3.05) is 0 Å². The Kier molecular flexibility index (Phi) is 6.98. The highest BCUT2D eigenvalue weighted by Crippen LogP contribution is 2.57. The topological polar surface area (TPSA) is 136 Å². The highest BCUT2D eigenvalue weighted by atomic mass is 28.3. The summed E-state index contributed by atoms with van der Waals surface area (Å²) in [6, 6.07) is 4.79. The molecule has 1 aliphatic rings. The number of aliphatic hydroxyl groups is 1. The Morgan fingerprint density at radius 2 is 1.64 bits per heavy atom. The zero-order valence-electron chi connectivity index (χ0n) is 20.5. The van der Waals surface area contributed by atoms with Crippen LogP contribution in [0.15, 0.2) is 24.3 Å². The van der Waals surface area contributed by atoms with Crippen LogP contribution in [0.4, 0.5) is 5.69 Å². The number of nitro groups is 1. The third-order valence-electron chi connectivity index (χ3n) is 7.64. The molecule has 1 aromatic rings. The van der Waals surface area contributed by atoms with Gasteiger partial charge in [0.1, 0.15) is 6.61 Å². The summed E-state index contributed by atoms with van der Waals surface area (Å²) in [6.07, 6.45) is 0. The van der Waals surface area contributed by atoms with Crippen LogP contribution in [0, 0.1) is 16.0 Å².